The second-order valence-corrected chi connectivity index (χ2v) is 22.1. The van der Waals surface area contributed by atoms with Gasteiger partial charge in [-0.15, -0.1) is 0 Å². The minimum Gasteiger partial charge on any atom is -0.346 e. The quantitative estimate of drug-likeness (QED) is 0.612. The van der Waals surface area contributed by atoms with Crippen molar-refractivity contribution in [3.05, 3.63) is 0 Å². The molecular formula is C18H44N2Si2. The average Bonchev–Trinajstić information content (AvgIpc) is 2.03. The third-order valence-corrected chi connectivity index (χ3v) is 16.7. The van der Waals surface area contributed by atoms with Gasteiger partial charge in [0, 0.05) is 5.54 Å². The summed E-state index contributed by atoms with van der Waals surface area (Å²) >= 11 is 0. The van der Waals surface area contributed by atoms with Crippen molar-refractivity contribution in [3.63, 3.8) is 0 Å². The smallest absolute Gasteiger partial charge is 0.188 e. The van der Waals surface area contributed by atoms with Gasteiger partial charge in [-0.2, -0.15) is 0 Å². The molecule has 0 aliphatic heterocycles. The van der Waals surface area contributed by atoms with Crippen molar-refractivity contribution in [1.29, 1.82) is 0 Å². The van der Waals surface area contributed by atoms with E-state index in [2.05, 4.69) is 106 Å². The lowest BCUT2D eigenvalue weighted by Crippen LogP contribution is -2.79. The Balaban J connectivity index is 6.14. The summed E-state index contributed by atoms with van der Waals surface area (Å²) in [6, 6.07) is 0. The lowest BCUT2D eigenvalue weighted by Gasteiger charge is -2.62. The first-order valence-electron chi connectivity index (χ1n) is 8.75. The van der Waals surface area contributed by atoms with E-state index in [0.29, 0.717) is 0 Å². The van der Waals surface area contributed by atoms with E-state index >= 15 is 0 Å². The normalized spacial score (nSPS) is 16.1. The van der Waals surface area contributed by atoms with E-state index < -0.39 is 16.6 Å². The molecule has 0 radical (unpaired) electrons. The summed E-state index contributed by atoms with van der Waals surface area (Å²) in [4.78, 5) is 3.93. The van der Waals surface area contributed by atoms with E-state index in [0.717, 1.165) is 0 Å². The molecule has 0 fully saturated rings. The monoisotopic (exact) mass is 344 g/mol. The van der Waals surface area contributed by atoms with Gasteiger partial charge in [-0.25, -0.2) is 0 Å². The molecule has 0 amide bonds. The highest BCUT2D eigenvalue weighted by Crippen LogP contribution is 2.60. The van der Waals surface area contributed by atoms with Crippen molar-refractivity contribution in [3.8, 4) is 0 Å². The molecule has 0 unspecified atom stereocenters. The second kappa shape index (κ2) is 6.01. The third-order valence-electron chi connectivity index (χ3n) is 4.56. The summed E-state index contributed by atoms with van der Waals surface area (Å²) in [7, 11) is -3.63. The molecule has 0 aromatic carbocycles. The van der Waals surface area contributed by atoms with Crippen LogP contribution in [-0.2, 0) is 0 Å². The minimum atomic E-state index is -1.89. The largest absolute Gasteiger partial charge is 0.346 e. The summed E-state index contributed by atoms with van der Waals surface area (Å²) in [5.41, 5.74) is 0.149. The molecular weight excluding hydrogens is 300 g/mol. The molecule has 0 aromatic rings. The first-order valence-corrected chi connectivity index (χ1v) is 13.8. The topological polar surface area (TPSA) is 24.1 Å². The van der Waals surface area contributed by atoms with Crippen LogP contribution < -0.4 is 9.63 Å². The van der Waals surface area contributed by atoms with Crippen LogP contribution in [0.5, 0.6) is 0 Å². The molecule has 4 heteroatoms. The standard InChI is InChI=1S/C18H44N2Si2/c1-15(2,3)19-21(13,14)20-22(16(4,5)6,17(7,8)9)18(10,11)12/h19-20H,1-14H3. The maximum atomic E-state index is 4.35. The van der Waals surface area contributed by atoms with Crippen LogP contribution in [0.2, 0.25) is 28.2 Å². The Bertz CT molecular complexity index is 338. The Morgan fingerprint density at radius 3 is 1.00 bits per heavy atom. The third kappa shape index (κ3) is 4.92. The Labute approximate surface area is 143 Å². The van der Waals surface area contributed by atoms with Crippen molar-refractivity contribution in [2.75, 3.05) is 0 Å². The lowest BCUT2D eigenvalue weighted by atomic mass is 10.1. The summed E-state index contributed by atoms with van der Waals surface area (Å²) < 4.78 is 4.35. The highest BCUT2D eigenvalue weighted by molar-refractivity contribution is 6.96. The van der Waals surface area contributed by atoms with Gasteiger partial charge in [-0.3, -0.25) is 0 Å². The van der Waals surface area contributed by atoms with Gasteiger partial charge in [0.05, 0.1) is 0 Å². The lowest BCUT2D eigenvalue weighted by molar-refractivity contribution is 0.494. The van der Waals surface area contributed by atoms with Gasteiger partial charge >= 0.3 is 0 Å². The number of hydrogen-bond donors (Lipinski definition) is 2. The van der Waals surface area contributed by atoms with Crippen molar-refractivity contribution in [2.24, 2.45) is 0 Å². The van der Waals surface area contributed by atoms with Gasteiger partial charge in [-0.05, 0) is 49.0 Å². The van der Waals surface area contributed by atoms with E-state index in [1.165, 1.54) is 0 Å². The van der Waals surface area contributed by atoms with Gasteiger partial charge in [-0.1, -0.05) is 62.3 Å². The zero-order valence-electron chi connectivity index (χ0n) is 18.0. The zero-order valence-corrected chi connectivity index (χ0v) is 20.0. The van der Waals surface area contributed by atoms with Crippen molar-refractivity contribution in [2.45, 2.75) is 117 Å². The van der Waals surface area contributed by atoms with Crippen molar-refractivity contribution >= 4 is 16.6 Å². The first-order chi connectivity index (χ1) is 9.16. The van der Waals surface area contributed by atoms with Gasteiger partial charge in [0.1, 0.15) is 8.24 Å². The molecule has 0 aromatic heterocycles. The first kappa shape index (κ1) is 22.4. The molecule has 134 valence electrons. The summed E-state index contributed by atoms with van der Waals surface area (Å²) in [6.07, 6.45) is 0. The van der Waals surface area contributed by atoms with Crippen LogP contribution in [0.3, 0.4) is 0 Å². The van der Waals surface area contributed by atoms with Gasteiger partial charge in [0.15, 0.2) is 8.40 Å². The summed E-state index contributed by atoms with van der Waals surface area (Å²) in [6.45, 7) is 33.7. The Kier molecular flexibility index (Phi) is 6.11. The summed E-state index contributed by atoms with van der Waals surface area (Å²) in [5, 5.41) is 0.855. The van der Waals surface area contributed by atoms with E-state index in [9.17, 15) is 0 Å². The van der Waals surface area contributed by atoms with E-state index in [1.54, 1.807) is 0 Å². The summed E-state index contributed by atoms with van der Waals surface area (Å²) in [5.74, 6) is 0. The predicted molar refractivity (Wildman–Crippen MR) is 108 cm³/mol. The maximum absolute atomic E-state index is 4.35. The van der Waals surface area contributed by atoms with E-state index in [4.69, 9.17) is 0 Å². The maximum Gasteiger partial charge on any atom is 0.188 e. The molecule has 0 aliphatic carbocycles. The Morgan fingerprint density at radius 2 is 0.818 bits per heavy atom. The molecule has 2 N–H and O–H groups in total. The molecule has 0 aliphatic rings. The molecule has 0 bridgehead atoms. The molecule has 0 heterocycles. The SMILES string of the molecule is CC(C)(C)N[Si](C)(C)N[Si](C(C)(C)C)(C(C)(C)C)C(C)(C)C. The minimum absolute atomic E-state index is 0.149. The number of nitrogens with one attached hydrogen (secondary N) is 2. The fourth-order valence-corrected chi connectivity index (χ4v) is 22.5. The molecule has 0 spiro atoms. The highest BCUT2D eigenvalue weighted by Gasteiger charge is 2.61. The molecule has 0 rings (SSSR count). The van der Waals surface area contributed by atoms with Crippen LogP contribution in [0, 0.1) is 0 Å². The van der Waals surface area contributed by atoms with Crippen molar-refractivity contribution < 1.29 is 0 Å². The molecule has 2 nitrogen and oxygen atoms in total. The van der Waals surface area contributed by atoms with Crippen LogP contribution in [0.25, 0.3) is 0 Å². The molecule has 22 heavy (non-hydrogen) atoms. The Morgan fingerprint density at radius 1 is 0.545 bits per heavy atom. The zero-order chi connectivity index (χ0) is 18.4. The van der Waals surface area contributed by atoms with Gasteiger partial charge in [0.25, 0.3) is 0 Å². The van der Waals surface area contributed by atoms with Crippen LogP contribution >= 0.6 is 0 Å². The second-order valence-electron chi connectivity index (χ2n) is 11.6. The molecule has 0 saturated carbocycles. The van der Waals surface area contributed by atoms with Gasteiger partial charge in [0.2, 0.25) is 0 Å². The van der Waals surface area contributed by atoms with Crippen LogP contribution in [0.1, 0.15) is 83.1 Å². The average molecular weight is 345 g/mol. The van der Waals surface area contributed by atoms with E-state index in [-0.39, 0.29) is 20.7 Å². The predicted octanol–water partition coefficient (Wildman–Crippen LogP) is 6.01. The fraction of sp³-hybridized carbons (Fsp3) is 1.00. The Hall–Kier alpha value is 0.354. The van der Waals surface area contributed by atoms with Crippen LogP contribution in [-0.4, -0.2) is 22.2 Å². The molecule has 0 atom stereocenters. The number of hydrogen-bond acceptors (Lipinski definition) is 2. The van der Waals surface area contributed by atoms with Crippen LogP contribution in [0.4, 0.5) is 0 Å². The highest BCUT2D eigenvalue weighted by atomic mass is 28.4. The fourth-order valence-electron chi connectivity index (χ4n) is 5.38. The van der Waals surface area contributed by atoms with Crippen molar-refractivity contribution in [1.82, 2.24) is 9.63 Å². The van der Waals surface area contributed by atoms with E-state index in [1.807, 2.05) is 0 Å². The number of rotatable bonds is 3. The molecule has 0 saturated heterocycles. The van der Waals surface area contributed by atoms with Crippen LogP contribution in [0.15, 0.2) is 0 Å². The van der Waals surface area contributed by atoms with Gasteiger partial charge < -0.3 is 9.63 Å².